The Balaban J connectivity index is 2.06. The second-order valence-corrected chi connectivity index (χ2v) is 19.9. The van der Waals surface area contributed by atoms with E-state index in [4.69, 9.17) is 25.5 Å². The summed E-state index contributed by atoms with van der Waals surface area (Å²) in [5.41, 5.74) is 3.34. The highest BCUT2D eigenvalue weighted by Gasteiger charge is 2.47. The van der Waals surface area contributed by atoms with E-state index >= 15 is 0 Å². The van der Waals surface area contributed by atoms with Crippen LogP contribution in [0.2, 0.25) is 37.8 Å². The van der Waals surface area contributed by atoms with Gasteiger partial charge in [-0.15, -0.1) is 17.1 Å². The number of hydrogen-bond acceptors (Lipinski definition) is 4. The van der Waals surface area contributed by atoms with Crippen LogP contribution in [-0.2, 0) is 18.7 Å². The Hall–Kier alpha value is -0.426. The summed E-state index contributed by atoms with van der Waals surface area (Å²) in [4.78, 5) is 11.3. The molecule has 2 aliphatic rings. The minimum absolute atomic E-state index is 0.0355. The Morgan fingerprint density at radius 3 is 2.19 bits per heavy atom. The Kier molecular flexibility index (Phi) is 10.5. The van der Waals surface area contributed by atoms with E-state index in [1.54, 1.807) is 0 Å². The molecule has 0 radical (unpaired) electrons. The molecule has 4 nitrogen and oxygen atoms in total. The number of rotatable bonds is 9. The van der Waals surface area contributed by atoms with Gasteiger partial charge in [-0.05, 0) is 37.0 Å². The van der Waals surface area contributed by atoms with E-state index in [9.17, 15) is 4.79 Å². The smallest absolute Gasteiger partial charge is 0.192 e. The van der Waals surface area contributed by atoms with Gasteiger partial charge in [-0.2, -0.15) is 0 Å². The van der Waals surface area contributed by atoms with Crippen molar-refractivity contribution in [2.45, 2.75) is 120 Å². The molecule has 0 N–H and O–H groups in total. The number of hydrogen-bond donors (Lipinski definition) is 0. The first-order valence-corrected chi connectivity index (χ1v) is 18.4. The van der Waals surface area contributed by atoms with Crippen molar-refractivity contribution in [3.8, 4) is 11.5 Å². The van der Waals surface area contributed by atoms with Gasteiger partial charge in [-0.3, -0.25) is 0 Å². The third-order valence-corrected chi connectivity index (χ3v) is 12.6. The third-order valence-electron chi connectivity index (χ3n) is 6.53. The van der Waals surface area contributed by atoms with E-state index < -0.39 is 16.4 Å². The highest BCUT2D eigenvalue weighted by molar-refractivity contribution is 6.83. The second kappa shape index (κ2) is 12.2. The highest BCUT2D eigenvalue weighted by atomic mass is 35.5. The second-order valence-electron chi connectivity index (χ2n) is 9.87. The van der Waals surface area contributed by atoms with Gasteiger partial charge in [0.25, 0.3) is 0 Å². The quantitative estimate of drug-likeness (QED) is 0.182. The van der Waals surface area contributed by atoms with Crippen molar-refractivity contribution >= 4 is 34.3 Å². The maximum absolute atomic E-state index is 11.3. The minimum atomic E-state index is -1.81. The zero-order valence-corrected chi connectivity index (χ0v) is 22.9. The molecular weight excluding hydrogens is 444 g/mol. The van der Waals surface area contributed by atoms with Crippen molar-refractivity contribution < 1.29 is 18.7 Å². The lowest BCUT2D eigenvalue weighted by molar-refractivity contribution is -0.214. The van der Waals surface area contributed by atoms with Crippen molar-refractivity contribution in [1.29, 1.82) is 0 Å². The predicted octanol–water partition coefficient (Wildman–Crippen LogP) is 5.72. The number of carbonyl (C=O) groups excluding carboxylic acids is 1. The molecule has 0 amide bonds. The molecule has 176 valence electrons. The molecule has 2 aliphatic heterocycles. The maximum Gasteiger partial charge on any atom is 0.192 e. The summed E-state index contributed by atoms with van der Waals surface area (Å²) in [7, 11) is -3.16. The minimum Gasteiger partial charge on any atom is -0.411 e. The molecule has 0 bridgehead atoms. The molecule has 2 saturated heterocycles. The van der Waals surface area contributed by atoms with E-state index in [0.29, 0.717) is 6.42 Å². The first-order chi connectivity index (χ1) is 14.7. The molecule has 0 aromatic rings. The van der Waals surface area contributed by atoms with Crippen LogP contribution < -0.4 is 0 Å². The number of alkyl halides is 1. The van der Waals surface area contributed by atoms with Gasteiger partial charge in [0, 0.05) is 12.8 Å². The molecule has 0 spiro atoms. The van der Waals surface area contributed by atoms with Crippen LogP contribution in [0.15, 0.2) is 12.2 Å². The maximum atomic E-state index is 11.3. The van der Waals surface area contributed by atoms with Gasteiger partial charge in [0.05, 0.1) is 35.9 Å². The van der Waals surface area contributed by atoms with Gasteiger partial charge in [-0.25, -0.2) is 0 Å². The average Bonchev–Trinajstić information content (AvgIpc) is 2.72. The van der Waals surface area contributed by atoms with Gasteiger partial charge in [0.1, 0.15) is 14.4 Å². The van der Waals surface area contributed by atoms with Crippen molar-refractivity contribution in [3.63, 3.8) is 0 Å². The van der Waals surface area contributed by atoms with Gasteiger partial charge in [-0.1, -0.05) is 52.4 Å². The lowest BCUT2D eigenvalue weighted by Gasteiger charge is -2.48. The van der Waals surface area contributed by atoms with E-state index in [0.717, 1.165) is 43.7 Å². The normalized spacial score (nSPS) is 31.7. The molecule has 2 heterocycles. The topological polar surface area (TPSA) is 44.8 Å². The zero-order chi connectivity index (χ0) is 23.1. The summed E-state index contributed by atoms with van der Waals surface area (Å²) in [6, 6.07) is 3.23. The summed E-state index contributed by atoms with van der Waals surface area (Å²) in [6.45, 7) is 13.4. The van der Waals surface area contributed by atoms with E-state index in [-0.39, 0.29) is 35.9 Å². The van der Waals surface area contributed by atoms with Crippen LogP contribution in [0.5, 0.6) is 0 Å². The lowest BCUT2D eigenvalue weighted by Crippen LogP contribution is -2.57. The fourth-order valence-electron chi connectivity index (χ4n) is 4.44. The third kappa shape index (κ3) is 7.83. The van der Waals surface area contributed by atoms with Crippen molar-refractivity contribution in [1.82, 2.24) is 0 Å². The molecule has 6 atom stereocenters. The molecule has 0 aromatic carbocycles. The summed E-state index contributed by atoms with van der Waals surface area (Å²) in [5, 5.41) is -0.111. The van der Waals surface area contributed by atoms with Crippen molar-refractivity contribution in [2.24, 2.45) is 0 Å². The molecule has 0 aromatic heterocycles. The largest absolute Gasteiger partial charge is 0.411 e. The molecule has 31 heavy (non-hydrogen) atoms. The zero-order valence-electron chi connectivity index (χ0n) is 20.2. The first kappa shape index (κ1) is 26.8. The molecule has 0 unspecified atom stereocenters. The van der Waals surface area contributed by atoms with Crippen LogP contribution in [0.25, 0.3) is 0 Å². The molecule has 7 heteroatoms. The molecule has 2 rings (SSSR count). The number of halogens is 1. The standard InChI is InChI=1S/C24H41ClO4Si2/c1-7-31(8-2,9-3)29-24-18-23-22(28-21(24)14-15-26)17-19(25)20(27-23)13-11-10-12-16-30(4,5)6/h10-11,15,19-24H,7-9,13-14,17-18H2,1-6H3/b11-10+/t19-,20-,21-,22+,23+,24-/m0/s1. The average molecular weight is 485 g/mol. The summed E-state index contributed by atoms with van der Waals surface area (Å²) in [6.07, 6.45) is 7.15. The van der Waals surface area contributed by atoms with Crippen LogP contribution in [-0.4, -0.2) is 58.6 Å². The molecule has 2 fully saturated rings. The molecule has 0 aliphatic carbocycles. The SMILES string of the molecule is CC[Si](CC)(CC)O[C@H]1C[C@H]2O[C@@H](C/C=C/C#C[Si](C)(C)C)[C@@H](Cl)C[C@H]2O[C@H]1CC=O. The number of aldehydes is 1. The molecular formula is C24H41ClO4Si2. The Labute approximate surface area is 196 Å². The summed E-state index contributed by atoms with van der Waals surface area (Å²) < 4.78 is 19.5. The number of allylic oxidation sites excluding steroid dienone is 1. The van der Waals surface area contributed by atoms with Crippen LogP contribution in [0.1, 0.15) is 46.5 Å². The monoisotopic (exact) mass is 484 g/mol. The first-order valence-electron chi connectivity index (χ1n) is 11.9. The summed E-state index contributed by atoms with van der Waals surface area (Å²) >= 11 is 6.66. The Morgan fingerprint density at radius 1 is 1.00 bits per heavy atom. The number of fused-ring (bicyclic) bond motifs is 1. The van der Waals surface area contributed by atoms with Crippen molar-refractivity contribution in [2.75, 3.05) is 0 Å². The van der Waals surface area contributed by atoms with Crippen LogP contribution in [0.4, 0.5) is 0 Å². The van der Waals surface area contributed by atoms with Gasteiger partial charge < -0.3 is 18.7 Å². The van der Waals surface area contributed by atoms with Gasteiger partial charge >= 0.3 is 0 Å². The van der Waals surface area contributed by atoms with Crippen LogP contribution in [0, 0.1) is 11.5 Å². The lowest BCUT2D eigenvalue weighted by atomic mass is 9.90. The summed E-state index contributed by atoms with van der Waals surface area (Å²) in [5.74, 6) is 3.17. The van der Waals surface area contributed by atoms with Crippen LogP contribution in [0.3, 0.4) is 0 Å². The Morgan fingerprint density at radius 2 is 1.61 bits per heavy atom. The Bertz CT molecular complexity index is 654. The van der Waals surface area contributed by atoms with Gasteiger partial charge in [0.15, 0.2) is 8.32 Å². The predicted molar refractivity (Wildman–Crippen MR) is 134 cm³/mol. The number of carbonyl (C=O) groups is 1. The van der Waals surface area contributed by atoms with E-state index in [2.05, 4.69) is 58.0 Å². The van der Waals surface area contributed by atoms with E-state index in [1.165, 1.54) is 0 Å². The fraction of sp³-hybridized carbons (Fsp3) is 0.792. The fourth-order valence-corrected chi connectivity index (χ4v) is 8.18. The molecule has 0 saturated carbocycles. The van der Waals surface area contributed by atoms with Gasteiger partial charge in [0.2, 0.25) is 0 Å². The van der Waals surface area contributed by atoms with E-state index in [1.807, 2.05) is 6.08 Å². The van der Waals surface area contributed by atoms with Crippen molar-refractivity contribution in [3.05, 3.63) is 12.2 Å². The number of ether oxygens (including phenoxy) is 2. The highest BCUT2D eigenvalue weighted by Crippen LogP contribution is 2.38. The van der Waals surface area contributed by atoms with Crippen LogP contribution >= 0.6 is 11.6 Å².